The Morgan fingerprint density at radius 1 is 1.08 bits per heavy atom. The summed E-state index contributed by atoms with van der Waals surface area (Å²) in [4.78, 5) is 17.5. The van der Waals surface area contributed by atoms with Crippen LogP contribution >= 0.6 is 11.8 Å². The van der Waals surface area contributed by atoms with E-state index in [0.29, 0.717) is 12.4 Å². The summed E-state index contributed by atoms with van der Waals surface area (Å²) in [5.41, 5.74) is 1.97. The van der Waals surface area contributed by atoms with Gasteiger partial charge in [-0.25, -0.2) is 9.78 Å². The molecular formula is C19H17NO3S. The molecule has 0 aliphatic heterocycles. The first-order valence-corrected chi connectivity index (χ1v) is 8.69. The average molecular weight is 339 g/mol. The van der Waals surface area contributed by atoms with Crippen LogP contribution in [-0.2, 0) is 11.3 Å². The smallest absolute Gasteiger partial charge is 0.360 e. The van der Waals surface area contributed by atoms with Gasteiger partial charge in [-0.05, 0) is 17.9 Å². The fraction of sp³-hybridized carbons (Fsp3) is 0.158. The number of aromatic nitrogens is 1. The van der Waals surface area contributed by atoms with Gasteiger partial charge in [0.05, 0.1) is 17.5 Å². The third-order valence-electron chi connectivity index (χ3n) is 3.61. The molecule has 24 heavy (non-hydrogen) atoms. The van der Waals surface area contributed by atoms with Crippen LogP contribution < -0.4 is 4.74 Å². The lowest BCUT2D eigenvalue weighted by molar-refractivity contribution is 0.0588. The molecule has 0 aliphatic carbocycles. The molecule has 2 aromatic carbocycles. The molecule has 1 aromatic heterocycles. The predicted octanol–water partition coefficient (Wildman–Crippen LogP) is 4.32. The molecular weight excluding hydrogens is 322 g/mol. The SMILES string of the molecule is COC(=O)c1nc2ccccc2c(SC)c1OCc1ccccc1. The van der Waals surface area contributed by atoms with Crippen LogP contribution in [0.25, 0.3) is 10.9 Å². The lowest BCUT2D eigenvalue weighted by Crippen LogP contribution is -2.10. The van der Waals surface area contributed by atoms with Gasteiger partial charge in [0.1, 0.15) is 6.61 Å². The van der Waals surface area contributed by atoms with Crippen molar-refractivity contribution in [3.63, 3.8) is 0 Å². The number of fused-ring (bicyclic) bond motifs is 1. The summed E-state index contributed by atoms with van der Waals surface area (Å²) in [6, 6.07) is 17.5. The number of hydrogen-bond acceptors (Lipinski definition) is 5. The maximum Gasteiger partial charge on any atom is 0.360 e. The molecule has 0 amide bonds. The number of esters is 1. The number of para-hydroxylation sites is 1. The Bertz CT molecular complexity index is 865. The minimum atomic E-state index is -0.501. The van der Waals surface area contributed by atoms with E-state index in [9.17, 15) is 4.79 Å². The number of carbonyl (C=O) groups is 1. The van der Waals surface area contributed by atoms with Crippen molar-refractivity contribution in [2.45, 2.75) is 11.5 Å². The summed E-state index contributed by atoms with van der Waals surface area (Å²) < 4.78 is 10.9. The van der Waals surface area contributed by atoms with Crippen molar-refractivity contribution < 1.29 is 14.3 Å². The number of ether oxygens (including phenoxy) is 2. The Morgan fingerprint density at radius 2 is 1.79 bits per heavy atom. The Hall–Kier alpha value is -2.53. The highest BCUT2D eigenvalue weighted by molar-refractivity contribution is 7.99. The minimum Gasteiger partial charge on any atom is -0.485 e. The van der Waals surface area contributed by atoms with Crippen molar-refractivity contribution in [1.82, 2.24) is 4.98 Å². The van der Waals surface area contributed by atoms with E-state index in [4.69, 9.17) is 9.47 Å². The van der Waals surface area contributed by atoms with E-state index in [1.54, 1.807) is 0 Å². The number of thioether (sulfide) groups is 1. The number of methoxy groups -OCH3 is 1. The molecule has 0 radical (unpaired) electrons. The van der Waals surface area contributed by atoms with E-state index in [0.717, 1.165) is 21.4 Å². The fourth-order valence-corrected chi connectivity index (χ4v) is 3.20. The third kappa shape index (κ3) is 3.21. The van der Waals surface area contributed by atoms with Crippen LogP contribution in [0.3, 0.4) is 0 Å². The number of rotatable bonds is 5. The van der Waals surface area contributed by atoms with Gasteiger partial charge in [0.25, 0.3) is 0 Å². The first-order chi connectivity index (χ1) is 11.7. The van der Waals surface area contributed by atoms with Crippen molar-refractivity contribution in [1.29, 1.82) is 0 Å². The summed E-state index contributed by atoms with van der Waals surface area (Å²) in [5.74, 6) is -0.0315. The third-order valence-corrected chi connectivity index (χ3v) is 4.42. The number of pyridine rings is 1. The van der Waals surface area contributed by atoms with Crippen molar-refractivity contribution in [3.8, 4) is 5.75 Å². The molecule has 1 heterocycles. The molecule has 0 atom stereocenters. The highest BCUT2D eigenvalue weighted by Crippen LogP contribution is 2.37. The molecule has 4 nitrogen and oxygen atoms in total. The second kappa shape index (κ2) is 7.36. The molecule has 0 spiro atoms. The summed E-state index contributed by atoms with van der Waals surface area (Å²) in [7, 11) is 1.35. The van der Waals surface area contributed by atoms with Gasteiger partial charge in [0, 0.05) is 5.39 Å². The second-order valence-electron chi connectivity index (χ2n) is 5.11. The monoisotopic (exact) mass is 339 g/mol. The van der Waals surface area contributed by atoms with Crippen LogP contribution in [0, 0.1) is 0 Å². The number of nitrogens with zero attached hydrogens (tertiary/aromatic N) is 1. The van der Waals surface area contributed by atoms with E-state index < -0.39 is 5.97 Å². The van der Waals surface area contributed by atoms with E-state index in [2.05, 4.69) is 4.98 Å². The highest BCUT2D eigenvalue weighted by atomic mass is 32.2. The number of hydrogen-bond donors (Lipinski definition) is 0. The predicted molar refractivity (Wildman–Crippen MR) is 95.6 cm³/mol. The topological polar surface area (TPSA) is 48.4 Å². The molecule has 0 saturated carbocycles. The van der Waals surface area contributed by atoms with Crippen molar-refractivity contribution >= 4 is 28.6 Å². The molecule has 0 saturated heterocycles. The fourth-order valence-electron chi connectivity index (χ4n) is 2.47. The molecule has 0 fully saturated rings. The molecule has 0 unspecified atom stereocenters. The zero-order valence-corrected chi connectivity index (χ0v) is 14.3. The Kier molecular flexibility index (Phi) is 5.01. The van der Waals surface area contributed by atoms with Gasteiger partial charge in [-0.2, -0.15) is 0 Å². The molecule has 5 heteroatoms. The zero-order chi connectivity index (χ0) is 16.9. The Morgan fingerprint density at radius 3 is 2.50 bits per heavy atom. The lowest BCUT2D eigenvalue weighted by atomic mass is 10.2. The quantitative estimate of drug-likeness (QED) is 0.512. The van der Waals surface area contributed by atoms with E-state index in [1.165, 1.54) is 18.9 Å². The lowest BCUT2D eigenvalue weighted by Gasteiger charge is -2.15. The Labute approximate surface area is 144 Å². The Balaban J connectivity index is 2.10. The highest BCUT2D eigenvalue weighted by Gasteiger charge is 2.22. The average Bonchev–Trinajstić information content (AvgIpc) is 2.65. The van der Waals surface area contributed by atoms with Crippen LogP contribution in [0.4, 0.5) is 0 Å². The van der Waals surface area contributed by atoms with Gasteiger partial charge in [0.15, 0.2) is 11.4 Å². The number of carbonyl (C=O) groups excluding carboxylic acids is 1. The maximum atomic E-state index is 12.2. The van der Waals surface area contributed by atoms with Gasteiger partial charge in [-0.15, -0.1) is 11.8 Å². The zero-order valence-electron chi connectivity index (χ0n) is 13.5. The van der Waals surface area contributed by atoms with Gasteiger partial charge >= 0.3 is 5.97 Å². The van der Waals surface area contributed by atoms with E-state index >= 15 is 0 Å². The minimum absolute atomic E-state index is 0.205. The van der Waals surface area contributed by atoms with Crippen LogP contribution in [0.5, 0.6) is 5.75 Å². The molecule has 0 bridgehead atoms. The van der Waals surface area contributed by atoms with Crippen LogP contribution in [-0.4, -0.2) is 24.3 Å². The van der Waals surface area contributed by atoms with Crippen molar-refractivity contribution in [3.05, 3.63) is 65.9 Å². The molecule has 122 valence electrons. The molecule has 3 rings (SSSR count). The maximum absolute atomic E-state index is 12.2. The molecule has 0 aliphatic rings. The first-order valence-electron chi connectivity index (χ1n) is 7.46. The van der Waals surface area contributed by atoms with Crippen molar-refractivity contribution in [2.24, 2.45) is 0 Å². The second-order valence-corrected chi connectivity index (χ2v) is 5.92. The summed E-state index contributed by atoms with van der Waals surface area (Å²) >= 11 is 1.53. The molecule has 3 aromatic rings. The van der Waals surface area contributed by atoms with Gasteiger partial charge < -0.3 is 9.47 Å². The molecule has 0 N–H and O–H groups in total. The normalized spacial score (nSPS) is 10.6. The van der Waals surface area contributed by atoms with Gasteiger partial charge in [-0.3, -0.25) is 0 Å². The van der Waals surface area contributed by atoms with Gasteiger partial charge in [-0.1, -0.05) is 48.5 Å². The number of benzene rings is 2. The summed E-state index contributed by atoms with van der Waals surface area (Å²) in [5, 5.41) is 0.959. The van der Waals surface area contributed by atoms with Crippen LogP contribution in [0.2, 0.25) is 0 Å². The first kappa shape index (κ1) is 16.3. The standard InChI is InChI=1S/C19H17NO3S/c1-22-19(21)16-17(23-12-13-8-4-3-5-9-13)18(24-2)14-10-6-7-11-15(14)20-16/h3-11H,12H2,1-2H3. The summed E-state index contributed by atoms with van der Waals surface area (Å²) in [6.07, 6.45) is 1.96. The van der Waals surface area contributed by atoms with Crippen LogP contribution in [0.1, 0.15) is 16.1 Å². The van der Waals surface area contributed by atoms with E-state index in [1.807, 2.05) is 60.9 Å². The van der Waals surface area contributed by atoms with E-state index in [-0.39, 0.29) is 5.69 Å². The largest absolute Gasteiger partial charge is 0.485 e. The summed E-state index contributed by atoms with van der Waals surface area (Å²) in [6.45, 7) is 0.360. The van der Waals surface area contributed by atoms with Gasteiger partial charge in [0.2, 0.25) is 0 Å². The van der Waals surface area contributed by atoms with Crippen LogP contribution in [0.15, 0.2) is 59.5 Å². The van der Waals surface area contributed by atoms with Crippen molar-refractivity contribution in [2.75, 3.05) is 13.4 Å².